The van der Waals surface area contributed by atoms with Gasteiger partial charge in [-0.25, -0.2) is 0 Å². The largest absolute Gasteiger partial charge is 0.508 e. The first-order valence-corrected chi connectivity index (χ1v) is 9.06. The van der Waals surface area contributed by atoms with Gasteiger partial charge in [-0.2, -0.15) is 0 Å². The fourth-order valence-corrected chi connectivity index (χ4v) is 5.07. The third-order valence-corrected chi connectivity index (χ3v) is 5.98. The summed E-state index contributed by atoms with van der Waals surface area (Å²) in [6, 6.07) is 7.54. The molecule has 0 saturated heterocycles. The van der Waals surface area contributed by atoms with E-state index in [0.29, 0.717) is 17.6 Å². The van der Waals surface area contributed by atoms with Gasteiger partial charge in [0.25, 0.3) is 0 Å². The van der Waals surface area contributed by atoms with Crippen molar-refractivity contribution in [3.8, 4) is 5.75 Å². The van der Waals surface area contributed by atoms with Gasteiger partial charge in [0.1, 0.15) is 11.5 Å². The molecule has 2 atom stereocenters. The first-order chi connectivity index (χ1) is 11.3. The van der Waals surface area contributed by atoms with E-state index < -0.39 is 0 Å². The molecule has 1 fully saturated rings. The lowest BCUT2D eigenvalue weighted by molar-refractivity contribution is 0.311. The van der Waals surface area contributed by atoms with Gasteiger partial charge in [-0.1, -0.05) is 29.7 Å². The number of rotatable bonds is 2. The van der Waals surface area contributed by atoms with Crippen LogP contribution in [0.1, 0.15) is 56.9 Å². The maximum absolute atomic E-state index is 9.86. The molecule has 2 heteroatoms. The minimum Gasteiger partial charge on any atom is -0.508 e. The average molecular weight is 310 g/mol. The van der Waals surface area contributed by atoms with Gasteiger partial charge in [-0.3, -0.25) is 0 Å². The first kappa shape index (κ1) is 14.9. The molecule has 1 aromatic carbocycles. The van der Waals surface area contributed by atoms with Crippen molar-refractivity contribution < 1.29 is 9.84 Å². The lowest BCUT2D eigenvalue weighted by atomic mass is 9.62. The number of hydrogen-bond acceptors (Lipinski definition) is 2. The molecular formula is C21H26O2. The summed E-state index contributed by atoms with van der Waals surface area (Å²) in [5.41, 5.74) is 6.04. The van der Waals surface area contributed by atoms with E-state index in [4.69, 9.17) is 4.74 Å². The number of benzene rings is 1. The summed E-state index contributed by atoms with van der Waals surface area (Å²) >= 11 is 0. The highest BCUT2D eigenvalue weighted by Crippen LogP contribution is 2.53. The Bertz CT molecular complexity index is 668. The highest BCUT2D eigenvalue weighted by atomic mass is 16.5. The van der Waals surface area contributed by atoms with Gasteiger partial charge in [0.15, 0.2) is 0 Å². The second-order valence-electron chi connectivity index (χ2n) is 7.26. The Labute approximate surface area is 138 Å². The lowest BCUT2D eigenvalue weighted by Crippen LogP contribution is -2.30. The summed E-state index contributed by atoms with van der Waals surface area (Å²) in [5.74, 6) is 2.57. The molecule has 2 bridgehead atoms. The molecule has 0 aromatic heterocycles. The summed E-state index contributed by atoms with van der Waals surface area (Å²) in [6.45, 7) is 0. The van der Waals surface area contributed by atoms with Crippen molar-refractivity contribution in [2.75, 3.05) is 7.11 Å². The number of phenols is 1. The van der Waals surface area contributed by atoms with E-state index in [1.54, 1.807) is 24.3 Å². The Kier molecular flexibility index (Phi) is 3.92. The van der Waals surface area contributed by atoms with Crippen LogP contribution in [0.25, 0.3) is 5.76 Å². The SMILES string of the molecule is CO/C(=C1\C2CCCC1C1=C(CCCC1)C2)c1cccc(O)c1. The molecule has 0 radical (unpaired) electrons. The van der Waals surface area contributed by atoms with Crippen LogP contribution in [-0.4, -0.2) is 12.2 Å². The molecule has 23 heavy (non-hydrogen) atoms. The van der Waals surface area contributed by atoms with Gasteiger partial charge < -0.3 is 9.84 Å². The molecule has 1 aromatic rings. The van der Waals surface area contributed by atoms with Crippen LogP contribution in [0, 0.1) is 11.8 Å². The Balaban J connectivity index is 1.84. The average Bonchev–Trinajstić information content (AvgIpc) is 2.56. The van der Waals surface area contributed by atoms with Crippen LogP contribution >= 0.6 is 0 Å². The third kappa shape index (κ3) is 2.58. The standard InChI is InChI=1S/C21H26O2/c1-23-21(16-8-4-9-17(22)13-16)20-15-7-5-11-19(20)18-10-3-2-6-14(18)12-15/h4,8-9,13,15,19,22H,2-3,5-7,10-12H2,1H3/b21-20+. The van der Waals surface area contributed by atoms with Crippen LogP contribution in [0.5, 0.6) is 5.75 Å². The summed E-state index contributed by atoms with van der Waals surface area (Å²) in [7, 11) is 1.78. The van der Waals surface area contributed by atoms with Crippen LogP contribution in [0.2, 0.25) is 0 Å². The van der Waals surface area contributed by atoms with Crippen molar-refractivity contribution >= 4 is 5.76 Å². The zero-order chi connectivity index (χ0) is 15.8. The molecule has 2 unspecified atom stereocenters. The summed E-state index contributed by atoms with van der Waals surface area (Å²) < 4.78 is 5.89. The molecule has 0 amide bonds. The Morgan fingerprint density at radius 1 is 1.13 bits per heavy atom. The Hall–Kier alpha value is -1.70. The highest BCUT2D eigenvalue weighted by Gasteiger charge is 2.39. The van der Waals surface area contributed by atoms with E-state index in [1.807, 2.05) is 12.1 Å². The molecule has 0 aliphatic heterocycles. The van der Waals surface area contributed by atoms with Crippen molar-refractivity contribution in [1.82, 2.24) is 0 Å². The number of aromatic hydroxyl groups is 1. The van der Waals surface area contributed by atoms with E-state index in [2.05, 4.69) is 6.07 Å². The summed E-state index contributed by atoms with van der Waals surface area (Å²) in [4.78, 5) is 0. The lowest BCUT2D eigenvalue weighted by Gasteiger charge is -2.43. The van der Waals surface area contributed by atoms with Crippen LogP contribution in [-0.2, 0) is 4.74 Å². The second-order valence-corrected chi connectivity index (χ2v) is 7.26. The van der Waals surface area contributed by atoms with E-state index in [0.717, 1.165) is 11.3 Å². The topological polar surface area (TPSA) is 29.5 Å². The fraction of sp³-hybridized carbons (Fsp3) is 0.524. The number of methoxy groups -OCH3 is 1. The van der Waals surface area contributed by atoms with Crippen LogP contribution < -0.4 is 0 Å². The number of fused-ring (bicyclic) bond motifs is 3. The number of ether oxygens (including phenoxy) is 1. The number of phenolic OH excluding ortho intramolecular Hbond substituents is 1. The minimum atomic E-state index is 0.316. The molecule has 3 aliphatic rings. The maximum atomic E-state index is 9.86. The molecule has 1 N–H and O–H groups in total. The van der Waals surface area contributed by atoms with E-state index in [9.17, 15) is 5.11 Å². The smallest absolute Gasteiger partial charge is 0.126 e. The molecule has 0 heterocycles. The van der Waals surface area contributed by atoms with Gasteiger partial charge in [0.05, 0.1) is 7.11 Å². The highest BCUT2D eigenvalue weighted by molar-refractivity contribution is 5.67. The van der Waals surface area contributed by atoms with E-state index >= 15 is 0 Å². The van der Waals surface area contributed by atoms with Gasteiger partial charge in [0, 0.05) is 11.5 Å². The molecule has 1 saturated carbocycles. The second kappa shape index (κ2) is 6.07. The summed E-state index contributed by atoms with van der Waals surface area (Å²) in [6.07, 6.45) is 10.5. The van der Waals surface area contributed by atoms with Crippen molar-refractivity contribution in [2.24, 2.45) is 11.8 Å². The maximum Gasteiger partial charge on any atom is 0.126 e. The Morgan fingerprint density at radius 3 is 2.83 bits per heavy atom. The molecule has 122 valence electrons. The zero-order valence-corrected chi connectivity index (χ0v) is 14.0. The van der Waals surface area contributed by atoms with Crippen molar-refractivity contribution in [3.63, 3.8) is 0 Å². The molecule has 2 nitrogen and oxygen atoms in total. The predicted molar refractivity (Wildman–Crippen MR) is 93.0 cm³/mol. The van der Waals surface area contributed by atoms with E-state index in [1.165, 1.54) is 56.9 Å². The molecule has 4 rings (SSSR count). The van der Waals surface area contributed by atoms with Gasteiger partial charge in [-0.05, 0) is 68.6 Å². The number of hydrogen-bond donors (Lipinski definition) is 1. The summed E-state index contributed by atoms with van der Waals surface area (Å²) in [5, 5.41) is 9.86. The van der Waals surface area contributed by atoms with Crippen LogP contribution in [0.15, 0.2) is 41.0 Å². The molecular weight excluding hydrogens is 284 g/mol. The van der Waals surface area contributed by atoms with Crippen molar-refractivity contribution in [2.45, 2.75) is 51.4 Å². The van der Waals surface area contributed by atoms with Gasteiger partial charge >= 0.3 is 0 Å². The van der Waals surface area contributed by atoms with Crippen LogP contribution in [0.4, 0.5) is 0 Å². The van der Waals surface area contributed by atoms with Crippen LogP contribution in [0.3, 0.4) is 0 Å². The predicted octanol–water partition coefficient (Wildman–Crippen LogP) is 5.44. The number of allylic oxidation sites excluding steroid dienone is 3. The third-order valence-electron chi connectivity index (χ3n) is 5.98. The van der Waals surface area contributed by atoms with Crippen molar-refractivity contribution in [1.29, 1.82) is 0 Å². The van der Waals surface area contributed by atoms with Gasteiger partial charge in [0.2, 0.25) is 0 Å². The molecule has 3 aliphatic carbocycles. The minimum absolute atomic E-state index is 0.316. The van der Waals surface area contributed by atoms with E-state index in [-0.39, 0.29) is 0 Å². The van der Waals surface area contributed by atoms with Crippen molar-refractivity contribution in [3.05, 3.63) is 46.5 Å². The zero-order valence-electron chi connectivity index (χ0n) is 14.0. The quantitative estimate of drug-likeness (QED) is 0.582. The van der Waals surface area contributed by atoms with Gasteiger partial charge in [-0.15, -0.1) is 0 Å². The Morgan fingerprint density at radius 2 is 2.00 bits per heavy atom. The monoisotopic (exact) mass is 310 g/mol. The first-order valence-electron chi connectivity index (χ1n) is 9.06. The normalized spacial score (nSPS) is 29.1. The molecule has 0 spiro atoms. The fourth-order valence-electron chi connectivity index (χ4n) is 5.07.